The van der Waals surface area contributed by atoms with Crippen molar-refractivity contribution >= 4 is 22.2 Å². The fourth-order valence-corrected chi connectivity index (χ4v) is 1.82. The Morgan fingerprint density at radius 1 is 1.40 bits per heavy atom. The summed E-state index contributed by atoms with van der Waals surface area (Å²) in [5.74, 6) is 0. The van der Waals surface area contributed by atoms with Gasteiger partial charge in [-0.15, -0.1) is 0 Å². The second kappa shape index (κ2) is 3.98. The molecular weight excluding hydrogens is 256 g/mol. The Labute approximate surface area is 95.9 Å². The summed E-state index contributed by atoms with van der Waals surface area (Å²) < 4.78 is 2.65. The van der Waals surface area contributed by atoms with Gasteiger partial charge in [-0.05, 0) is 40.5 Å². The minimum atomic E-state index is 0.478. The van der Waals surface area contributed by atoms with Crippen LogP contribution in [-0.4, -0.2) is 16.1 Å². The summed E-state index contributed by atoms with van der Waals surface area (Å²) in [5, 5.41) is 4.18. The third-order valence-electron chi connectivity index (χ3n) is 2.15. The molecule has 0 unspecified atom stereocenters. The Bertz CT molecular complexity index is 505. The SMILES string of the molecule is Cc1cn(-c2ccccc2Br)nc1C=O. The van der Waals surface area contributed by atoms with Gasteiger partial charge in [0.15, 0.2) is 6.29 Å². The lowest BCUT2D eigenvalue weighted by atomic mass is 10.3. The maximum atomic E-state index is 10.7. The van der Waals surface area contributed by atoms with Gasteiger partial charge < -0.3 is 0 Å². The maximum absolute atomic E-state index is 10.7. The first kappa shape index (κ1) is 10.1. The predicted octanol–water partition coefficient (Wildman–Crippen LogP) is 2.76. The van der Waals surface area contributed by atoms with Crippen molar-refractivity contribution < 1.29 is 4.79 Å². The van der Waals surface area contributed by atoms with Crippen molar-refractivity contribution in [1.29, 1.82) is 0 Å². The molecule has 0 aliphatic heterocycles. The number of carbonyl (C=O) groups excluding carboxylic acids is 1. The van der Waals surface area contributed by atoms with Crippen LogP contribution in [0.25, 0.3) is 5.69 Å². The molecule has 2 aromatic rings. The number of halogens is 1. The zero-order valence-corrected chi connectivity index (χ0v) is 9.73. The molecule has 76 valence electrons. The molecule has 1 aromatic carbocycles. The average molecular weight is 265 g/mol. The van der Waals surface area contributed by atoms with E-state index in [2.05, 4.69) is 21.0 Å². The molecule has 0 atom stereocenters. The van der Waals surface area contributed by atoms with E-state index in [9.17, 15) is 4.79 Å². The molecule has 1 aromatic heterocycles. The molecule has 3 nitrogen and oxygen atoms in total. The number of hydrogen-bond donors (Lipinski definition) is 0. The van der Waals surface area contributed by atoms with E-state index in [1.54, 1.807) is 4.68 Å². The number of aryl methyl sites for hydroxylation is 1. The molecule has 0 radical (unpaired) electrons. The van der Waals surface area contributed by atoms with Gasteiger partial charge in [-0.3, -0.25) is 4.79 Å². The van der Waals surface area contributed by atoms with Gasteiger partial charge in [0.2, 0.25) is 0 Å². The Morgan fingerprint density at radius 2 is 2.13 bits per heavy atom. The molecule has 0 saturated carbocycles. The molecule has 1 heterocycles. The van der Waals surface area contributed by atoms with Crippen LogP contribution >= 0.6 is 15.9 Å². The fraction of sp³-hybridized carbons (Fsp3) is 0.0909. The van der Waals surface area contributed by atoms with Gasteiger partial charge in [-0.1, -0.05) is 12.1 Å². The Morgan fingerprint density at radius 3 is 2.73 bits per heavy atom. The summed E-state index contributed by atoms with van der Waals surface area (Å²) in [4.78, 5) is 10.7. The van der Waals surface area contributed by atoms with Crippen LogP contribution in [0.4, 0.5) is 0 Å². The summed E-state index contributed by atoms with van der Waals surface area (Å²) in [6, 6.07) is 7.74. The topological polar surface area (TPSA) is 34.9 Å². The normalized spacial score (nSPS) is 10.3. The largest absolute Gasteiger partial charge is 0.296 e. The van der Waals surface area contributed by atoms with Gasteiger partial charge in [0.1, 0.15) is 5.69 Å². The number of benzene rings is 1. The molecule has 15 heavy (non-hydrogen) atoms. The van der Waals surface area contributed by atoms with Crippen molar-refractivity contribution in [1.82, 2.24) is 9.78 Å². The highest BCUT2D eigenvalue weighted by Crippen LogP contribution is 2.20. The third kappa shape index (κ3) is 1.85. The smallest absolute Gasteiger partial charge is 0.170 e. The van der Waals surface area contributed by atoms with Gasteiger partial charge >= 0.3 is 0 Å². The van der Waals surface area contributed by atoms with Crippen LogP contribution in [0.1, 0.15) is 16.1 Å². The first-order chi connectivity index (χ1) is 7.22. The van der Waals surface area contributed by atoms with Gasteiger partial charge in [0.25, 0.3) is 0 Å². The monoisotopic (exact) mass is 264 g/mol. The molecule has 0 aliphatic carbocycles. The van der Waals surface area contributed by atoms with Crippen LogP contribution in [0.3, 0.4) is 0 Å². The molecule has 0 saturated heterocycles. The van der Waals surface area contributed by atoms with Crippen LogP contribution in [0.5, 0.6) is 0 Å². The van der Waals surface area contributed by atoms with Gasteiger partial charge in [-0.25, -0.2) is 4.68 Å². The minimum absolute atomic E-state index is 0.478. The molecule has 0 fully saturated rings. The van der Waals surface area contributed by atoms with Gasteiger partial charge in [0.05, 0.1) is 5.69 Å². The summed E-state index contributed by atoms with van der Waals surface area (Å²) in [6.07, 6.45) is 2.60. The van der Waals surface area contributed by atoms with Crippen LogP contribution in [0.2, 0.25) is 0 Å². The number of hydrogen-bond acceptors (Lipinski definition) is 2. The molecule has 0 amide bonds. The van der Waals surface area contributed by atoms with E-state index >= 15 is 0 Å². The number of aldehydes is 1. The van der Waals surface area contributed by atoms with Crippen molar-refractivity contribution in [2.75, 3.05) is 0 Å². The van der Waals surface area contributed by atoms with Crippen molar-refractivity contribution in [2.24, 2.45) is 0 Å². The fourth-order valence-electron chi connectivity index (χ4n) is 1.35. The highest BCUT2D eigenvalue weighted by molar-refractivity contribution is 9.10. The first-order valence-corrected chi connectivity index (χ1v) is 5.28. The summed E-state index contributed by atoms with van der Waals surface area (Å²) in [6.45, 7) is 1.87. The van der Waals surface area contributed by atoms with Gasteiger partial charge in [-0.2, -0.15) is 5.10 Å². The van der Waals surface area contributed by atoms with Gasteiger partial charge in [0, 0.05) is 10.7 Å². The molecule has 0 bridgehead atoms. The summed E-state index contributed by atoms with van der Waals surface area (Å²) >= 11 is 3.44. The highest BCUT2D eigenvalue weighted by atomic mass is 79.9. The second-order valence-electron chi connectivity index (χ2n) is 3.21. The molecule has 4 heteroatoms. The predicted molar refractivity (Wildman–Crippen MR) is 61.4 cm³/mol. The number of rotatable bonds is 2. The number of carbonyl (C=O) groups is 1. The standard InChI is InChI=1S/C11H9BrN2O/c1-8-6-14(13-10(8)7-15)11-5-3-2-4-9(11)12/h2-7H,1H3. The van der Waals surface area contributed by atoms with E-state index in [-0.39, 0.29) is 0 Å². The first-order valence-electron chi connectivity index (χ1n) is 4.48. The Kier molecular flexibility index (Phi) is 2.68. The highest BCUT2D eigenvalue weighted by Gasteiger charge is 2.06. The lowest BCUT2D eigenvalue weighted by Crippen LogP contribution is -1.96. The van der Waals surface area contributed by atoms with Crippen molar-refractivity contribution in [2.45, 2.75) is 6.92 Å². The molecular formula is C11H9BrN2O. The summed E-state index contributed by atoms with van der Waals surface area (Å²) in [7, 11) is 0. The third-order valence-corrected chi connectivity index (χ3v) is 2.82. The second-order valence-corrected chi connectivity index (χ2v) is 4.07. The van der Waals surface area contributed by atoms with Crippen LogP contribution in [0, 0.1) is 6.92 Å². The molecule has 0 aliphatic rings. The van der Waals surface area contributed by atoms with Crippen LogP contribution in [-0.2, 0) is 0 Å². The zero-order valence-electron chi connectivity index (χ0n) is 8.14. The number of para-hydroxylation sites is 1. The summed E-state index contributed by atoms with van der Waals surface area (Å²) in [5.41, 5.74) is 2.28. The quantitative estimate of drug-likeness (QED) is 0.782. The molecule has 0 N–H and O–H groups in total. The number of aromatic nitrogens is 2. The lowest BCUT2D eigenvalue weighted by molar-refractivity contribution is 0.111. The van der Waals surface area contributed by atoms with Crippen molar-refractivity contribution in [3.05, 3.63) is 46.2 Å². The average Bonchev–Trinajstić information content (AvgIpc) is 2.60. The van der Waals surface area contributed by atoms with E-state index in [0.29, 0.717) is 5.69 Å². The number of nitrogens with zero attached hydrogens (tertiary/aromatic N) is 2. The van der Waals surface area contributed by atoms with E-state index in [4.69, 9.17) is 0 Å². The van der Waals surface area contributed by atoms with E-state index in [1.165, 1.54) is 0 Å². The Balaban J connectivity index is 2.55. The minimum Gasteiger partial charge on any atom is -0.296 e. The van der Waals surface area contributed by atoms with E-state index < -0.39 is 0 Å². The Hall–Kier alpha value is -1.42. The van der Waals surface area contributed by atoms with Crippen LogP contribution < -0.4 is 0 Å². The van der Waals surface area contributed by atoms with E-state index in [1.807, 2.05) is 37.4 Å². The lowest BCUT2D eigenvalue weighted by Gasteiger charge is -2.02. The van der Waals surface area contributed by atoms with Crippen LogP contribution in [0.15, 0.2) is 34.9 Å². The molecule has 0 spiro atoms. The van der Waals surface area contributed by atoms with E-state index in [0.717, 1.165) is 22.0 Å². The van der Waals surface area contributed by atoms with Crippen molar-refractivity contribution in [3.63, 3.8) is 0 Å². The van der Waals surface area contributed by atoms with Crippen molar-refractivity contribution in [3.8, 4) is 5.69 Å². The molecule has 2 rings (SSSR count). The maximum Gasteiger partial charge on any atom is 0.170 e. The zero-order chi connectivity index (χ0) is 10.8.